The minimum Gasteiger partial charge on any atom is -0.453 e. The Kier molecular flexibility index (Phi) is 2.77. The van der Waals surface area contributed by atoms with Crippen molar-refractivity contribution in [2.75, 3.05) is 0 Å². The average Bonchev–Trinajstić information content (AvgIpc) is 3.24. The Morgan fingerprint density at radius 2 is 1.67 bits per heavy atom. The molecule has 0 amide bonds. The molecule has 5 aromatic rings. The summed E-state index contributed by atoms with van der Waals surface area (Å²) in [6.45, 7) is 4.24. The number of aryl methyl sites for hydroxylation is 2. The van der Waals surface area contributed by atoms with Crippen molar-refractivity contribution in [3.8, 4) is 11.3 Å². The smallest absolute Gasteiger partial charge is 0.161 e. The topological polar surface area (TPSA) is 26.0 Å². The number of furan rings is 1. The van der Waals surface area contributed by atoms with Crippen molar-refractivity contribution >= 4 is 44.9 Å². The van der Waals surface area contributed by atoms with Gasteiger partial charge in [0.25, 0.3) is 0 Å². The molecule has 2 nitrogen and oxygen atoms in total. The highest BCUT2D eigenvalue weighted by Crippen LogP contribution is 2.42. The van der Waals surface area contributed by atoms with E-state index in [1.807, 2.05) is 6.20 Å². The van der Waals surface area contributed by atoms with Gasteiger partial charge in [-0.05, 0) is 60.5 Å². The number of hydrogen-bond acceptors (Lipinski definition) is 2. The molecule has 2 heterocycles. The van der Waals surface area contributed by atoms with E-state index >= 15 is 0 Å². The lowest BCUT2D eigenvalue weighted by molar-refractivity contribution is 0.668. The molecule has 1 aliphatic rings. The number of nitrogens with zero attached hydrogens (tertiary/aromatic N) is 1. The fourth-order valence-corrected chi connectivity index (χ4v) is 4.46. The third-order valence-corrected chi connectivity index (χ3v) is 5.51. The minimum atomic E-state index is 0.867. The van der Waals surface area contributed by atoms with Gasteiger partial charge in [-0.25, -0.2) is 0 Å². The van der Waals surface area contributed by atoms with E-state index < -0.39 is 0 Å². The Morgan fingerprint density at radius 1 is 0.815 bits per heavy atom. The molecular weight excluding hydrogens is 330 g/mol. The predicted molar refractivity (Wildman–Crippen MR) is 113 cm³/mol. The van der Waals surface area contributed by atoms with Gasteiger partial charge in [0.15, 0.2) is 5.58 Å². The highest BCUT2D eigenvalue weighted by Gasteiger charge is 2.20. The number of aromatic nitrogens is 1. The molecule has 0 radical (unpaired) electrons. The van der Waals surface area contributed by atoms with Crippen molar-refractivity contribution in [2.45, 2.75) is 13.8 Å². The normalized spacial score (nSPS) is 12.7. The maximum Gasteiger partial charge on any atom is 0.161 e. The third-order valence-electron chi connectivity index (χ3n) is 5.51. The van der Waals surface area contributed by atoms with Crippen molar-refractivity contribution in [1.82, 2.24) is 4.98 Å². The van der Waals surface area contributed by atoms with E-state index in [0.29, 0.717) is 0 Å². The minimum absolute atomic E-state index is 0.867. The van der Waals surface area contributed by atoms with Gasteiger partial charge < -0.3 is 4.42 Å². The summed E-state index contributed by atoms with van der Waals surface area (Å²) in [5.41, 5.74) is 8.75. The zero-order chi connectivity index (χ0) is 18.1. The average molecular weight is 347 g/mol. The van der Waals surface area contributed by atoms with Crippen LogP contribution in [0.2, 0.25) is 0 Å². The summed E-state index contributed by atoms with van der Waals surface area (Å²) in [5.74, 6) is 0. The molecule has 0 N–H and O–H groups in total. The van der Waals surface area contributed by atoms with Crippen LogP contribution in [0.3, 0.4) is 0 Å². The van der Waals surface area contributed by atoms with Gasteiger partial charge in [0.05, 0.1) is 0 Å². The van der Waals surface area contributed by atoms with Gasteiger partial charge >= 0.3 is 0 Å². The second kappa shape index (κ2) is 5.08. The van der Waals surface area contributed by atoms with Crippen molar-refractivity contribution < 1.29 is 4.42 Å². The van der Waals surface area contributed by atoms with Crippen molar-refractivity contribution in [1.29, 1.82) is 0 Å². The molecule has 0 atom stereocenters. The second-order valence-electron chi connectivity index (χ2n) is 7.46. The maximum atomic E-state index is 6.47. The summed E-state index contributed by atoms with van der Waals surface area (Å²) >= 11 is 0. The fourth-order valence-electron chi connectivity index (χ4n) is 4.46. The summed E-state index contributed by atoms with van der Waals surface area (Å²) in [4.78, 5) is 4.68. The van der Waals surface area contributed by atoms with E-state index in [0.717, 1.165) is 33.2 Å². The quantitative estimate of drug-likeness (QED) is 0.323. The molecule has 1 aliphatic carbocycles. The first-order valence-corrected chi connectivity index (χ1v) is 9.23. The first-order valence-electron chi connectivity index (χ1n) is 9.23. The van der Waals surface area contributed by atoms with Crippen LogP contribution in [-0.2, 0) is 0 Å². The first kappa shape index (κ1) is 14.7. The zero-order valence-corrected chi connectivity index (χ0v) is 15.2. The molecule has 0 saturated heterocycles. The molecule has 0 fully saturated rings. The lowest BCUT2D eigenvalue weighted by atomic mass is 10.00. The van der Waals surface area contributed by atoms with Gasteiger partial charge in [-0.2, -0.15) is 0 Å². The largest absolute Gasteiger partial charge is 0.453 e. The van der Waals surface area contributed by atoms with Crippen LogP contribution in [0.4, 0.5) is 0 Å². The van der Waals surface area contributed by atoms with Gasteiger partial charge in [0, 0.05) is 28.1 Å². The molecule has 6 rings (SSSR count). The Morgan fingerprint density at radius 3 is 2.52 bits per heavy atom. The Balaban J connectivity index is 1.76. The lowest BCUT2D eigenvalue weighted by Crippen LogP contribution is -1.86. The summed E-state index contributed by atoms with van der Waals surface area (Å²) in [5, 5.41) is 4.82. The molecular formula is C25H17NO. The maximum absolute atomic E-state index is 6.47. The number of pyridine rings is 1. The van der Waals surface area contributed by atoms with Crippen LogP contribution in [0, 0.1) is 13.8 Å². The van der Waals surface area contributed by atoms with Crippen LogP contribution in [0.5, 0.6) is 0 Å². The molecule has 0 spiro atoms. The Hall–Kier alpha value is -3.39. The van der Waals surface area contributed by atoms with E-state index in [9.17, 15) is 0 Å². The van der Waals surface area contributed by atoms with E-state index in [1.165, 1.54) is 33.0 Å². The van der Waals surface area contributed by atoms with Crippen molar-refractivity contribution in [3.63, 3.8) is 0 Å². The fraction of sp³-hybridized carbons (Fsp3) is 0.0800. The molecule has 3 aromatic carbocycles. The summed E-state index contributed by atoms with van der Waals surface area (Å²) in [6.07, 6.45) is 6.24. The van der Waals surface area contributed by atoms with Crippen LogP contribution in [-0.4, -0.2) is 4.98 Å². The van der Waals surface area contributed by atoms with E-state index in [4.69, 9.17) is 4.42 Å². The van der Waals surface area contributed by atoms with Gasteiger partial charge in [0.1, 0.15) is 11.3 Å². The Bertz CT molecular complexity index is 1420. The molecule has 2 aromatic heterocycles. The number of benzene rings is 3. The zero-order valence-electron chi connectivity index (χ0n) is 15.2. The van der Waals surface area contributed by atoms with Gasteiger partial charge in [-0.3, -0.25) is 4.98 Å². The third kappa shape index (κ3) is 1.98. The van der Waals surface area contributed by atoms with Gasteiger partial charge in [0.2, 0.25) is 0 Å². The molecule has 0 unspecified atom stereocenters. The van der Waals surface area contributed by atoms with Crippen LogP contribution >= 0.6 is 0 Å². The molecule has 27 heavy (non-hydrogen) atoms. The number of hydrogen-bond donors (Lipinski definition) is 0. The van der Waals surface area contributed by atoms with Crippen molar-refractivity contribution in [3.05, 3.63) is 77.0 Å². The lowest BCUT2D eigenvalue weighted by Gasteiger charge is -2.05. The molecule has 128 valence electrons. The van der Waals surface area contributed by atoms with Crippen LogP contribution in [0.15, 0.2) is 59.1 Å². The van der Waals surface area contributed by atoms with E-state index in [2.05, 4.69) is 79.5 Å². The van der Waals surface area contributed by atoms with Gasteiger partial charge in [-0.15, -0.1) is 0 Å². The first-order chi connectivity index (χ1) is 13.2. The predicted octanol–water partition coefficient (Wildman–Crippen LogP) is 6.90. The van der Waals surface area contributed by atoms with Crippen LogP contribution in [0.25, 0.3) is 56.1 Å². The highest BCUT2D eigenvalue weighted by atomic mass is 16.3. The van der Waals surface area contributed by atoms with E-state index in [1.54, 1.807) is 0 Å². The number of fused-ring (bicyclic) bond motifs is 4. The Labute approximate surface area is 156 Å². The summed E-state index contributed by atoms with van der Waals surface area (Å²) in [7, 11) is 0. The van der Waals surface area contributed by atoms with Gasteiger partial charge in [-0.1, -0.05) is 41.5 Å². The summed E-state index contributed by atoms with van der Waals surface area (Å²) in [6, 6.07) is 17.3. The summed E-state index contributed by atoms with van der Waals surface area (Å²) < 4.78 is 6.47. The monoisotopic (exact) mass is 347 g/mol. The molecule has 0 aliphatic heterocycles. The molecule has 0 saturated carbocycles. The highest BCUT2D eigenvalue weighted by molar-refractivity contribution is 6.20. The van der Waals surface area contributed by atoms with Crippen LogP contribution < -0.4 is 0 Å². The molecule has 0 bridgehead atoms. The van der Waals surface area contributed by atoms with Crippen LogP contribution in [0.1, 0.15) is 22.3 Å². The molecule has 2 heteroatoms. The van der Waals surface area contributed by atoms with E-state index in [-0.39, 0.29) is 0 Å². The SMILES string of the molecule is Cc1cc(C)cc(-c2nccc3c2oc2c4c5c(cccc5cc23)C=C4)c1. The second-order valence-corrected chi connectivity index (χ2v) is 7.46. The van der Waals surface area contributed by atoms with Crippen molar-refractivity contribution in [2.24, 2.45) is 0 Å². The standard InChI is InChI=1S/C25H17NO/c1-14-10-15(2)12-18(11-14)23-25-19(8-9-26-23)21-13-17-5-3-4-16-6-7-20(22(16)17)24(21)27-25/h3-13H,1-2H3. The number of rotatable bonds is 1.